The van der Waals surface area contributed by atoms with Crippen molar-refractivity contribution in [3.8, 4) is 0 Å². The number of carbonyl (C=O) groups is 3. The number of ether oxygens (including phenoxy) is 3. The number of carbonyl (C=O) groups excluding carboxylic acids is 3. The maximum Gasteiger partial charge on any atom is 0.306 e. The second-order valence-corrected chi connectivity index (χ2v) is 19.1. The van der Waals surface area contributed by atoms with E-state index in [0.29, 0.717) is 19.3 Å². The summed E-state index contributed by atoms with van der Waals surface area (Å²) in [5.74, 6) is 0.836. The Kier molecular flexibility index (Phi) is 44.7. The average molecular weight is 835 g/mol. The molecule has 1 atom stereocenters. The minimum atomic E-state index is -0.759. The molecule has 0 aromatic heterocycles. The van der Waals surface area contributed by atoms with Gasteiger partial charge in [0.2, 0.25) is 0 Å². The molecule has 0 saturated carbocycles. The Labute approximate surface area is 368 Å². The molecule has 0 saturated heterocycles. The number of unbranched alkanes of at least 4 members (excludes halogenated alkanes) is 32. The molecule has 0 rings (SSSR count). The van der Waals surface area contributed by atoms with Crippen LogP contribution in [0.1, 0.15) is 291 Å². The van der Waals surface area contributed by atoms with Gasteiger partial charge in [-0.2, -0.15) is 0 Å². The van der Waals surface area contributed by atoms with E-state index in [1.165, 1.54) is 173 Å². The third-order valence-electron chi connectivity index (χ3n) is 12.0. The van der Waals surface area contributed by atoms with Gasteiger partial charge in [-0.25, -0.2) is 0 Å². The van der Waals surface area contributed by atoms with Gasteiger partial charge < -0.3 is 14.2 Å². The van der Waals surface area contributed by atoms with Crippen LogP contribution in [0.4, 0.5) is 0 Å². The highest BCUT2D eigenvalue weighted by Crippen LogP contribution is 2.18. The van der Waals surface area contributed by atoms with E-state index in [9.17, 15) is 14.4 Å². The fourth-order valence-corrected chi connectivity index (χ4v) is 7.99. The first-order valence-corrected chi connectivity index (χ1v) is 26.2. The summed E-state index contributed by atoms with van der Waals surface area (Å²) in [4.78, 5) is 37.7. The lowest BCUT2D eigenvalue weighted by atomic mass is 10.0. The lowest BCUT2D eigenvalue weighted by Gasteiger charge is -2.18. The predicted octanol–water partition coefficient (Wildman–Crippen LogP) is 16.9. The third-order valence-corrected chi connectivity index (χ3v) is 12.0. The summed E-state index contributed by atoms with van der Waals surface area (Å²) in [5, 5.41) is 0. The van der Waals surface area contributed by atoms with Crippen LogP contribution in [0.2, 0.25) is 0 Å². The van der Waals surface area contributed by atoms with Crippen molar-refractivity contribution in [2.24, 2.45) is 11.8 Å². The SMILES string of the molecule is CCCCCCCC(=O)OC[C@H](COC(=O)CCCCCCCCCCCCCCCCC(C)C)OC(=O)CCCCCCCCCCCCCCCCCCC(C)C. The van der Waals surface area contributed by atoms with Crippen LogP contribution < -0.4 is 0 Å². The van der Waals surface area contributed by atoms with Gasteiger partial charge in [0, 0.05) is 19.3 Å². The van der Waals surface area contributed by atoms with Crippen LogP contribution in [0, 0.1) is 11.8 Å². The Morgan fingerprint density at radius 1 is 0.322 bits per heavy atom. The van der Waals surface area contributed by atoms with E-state index < -0.39 is 6.10 Å². The molecule has 6 nitrogen and oxygen atoms in total. The van der Waals surface area contributed by atoms with E-state index >= 15 is 0 Å². The maximum absolute atomic E-state index is 12.7. The number of rotatable bonds is 47. The smallest absolute Gasteiger partial charge is 0.306 e. The summed E-state index contributed by atoms with van der Waals surface area (Å²) in [6.45, 7) is 11.3. The van der Waals surface area contributed by atoms with E-state index in [0.717, 1.165) is 76.0 Å². The normalized spacial score (nSPS) is 12.1. The van der Waals surface area contributed by atoms with Gasteiger partial charge in [0.25, 0.3) is 0 Å². The van der Waals surface area contributed by atoms with Crippen molar-refractivity contribution in [2.75, 3.05) is 13.2 Å². The average Bonchev–Trinajstić information content (AvgIpc) is 3.20. The van der Waals surface area contributed by atoms with Crippen LogP contribution in [0.15, 0.2) is 0 Å². The third kappa shape index (κ3) is 47.3. The molecule has 0 heterocycles. The van der Waals surface area contributed by atoms with E-state index in [2.05, 4.69) is 34.6 Å². The Balaban J connectivity index is 4.09. The molecular formula is C53H102O6. The summed E-state index contributed by atoms with van der Waals surface area (Å²) >= 11 is 0. The van der Waals surface area contributed by atoms with Crippen molar-refractivity contribution >= 4 is 17.9 Å². The van der Waals surface area contributed by atoms with Gasteiger partial charge in [0.15, 0.2) is 6.10 Å². The first-order valence-electron chi connectivity index (χ1n) is 26.2. The van der Waals surface area contributed by atoms with Gasteiger partial charge in [-0.3, -0.25) is 14.4 Å². The Bertz CT molecular complexity index is 900. The van der Waals surface area contributed by atoms with Crippen LogP contribution in [0.5, 0.6) is 0 Å². The monoisotopic (exact) mass is 835 g/mol. The van der Waals surface area contributed by atoms with Gasteiger partial charge in [-0.05, 0) is 31.1 Å². The highest BCUT2D eigenvalue weighted by Gasteiger charge is 2.19. The minimum Gasteiger partial charge on any atom is -0.462 e. The second-order valence-electron chi connectivity index (χ2n) is 19.1. The lowest BCUT2D eigenvalue weighted by Crippen LogP contribution is -2.30. The van der Waals surface area contributed by atoms with Crippen molar-refractivity contribution in [3.63, 3.8) is 0 Å². The molecule has 0 radical (unpaired) electrons. The van der Waals surface area contributed by atoms with Crippen LogP contribution in [0.25, 0.3) is 0 Å². The largest absolute Gasteiger partial charge is 0.462 e. The Morgan fingerprint density at radius 2 is 0.559 bits per heavy atom. The summed E-state index contributed by atoms with van der Waals surface area (Å²) < 4.78 is 16.7. The van der Waals surface area contributed by atoms with Crippen LogP contribution >= 0.6 is 0 Å². The quantitative estimate of drug-likeness (QED) is 0.0345. The van der Waals surface area contributed by atoms with Crippen molar-refractivity contribution in [1.29, 1.82) is 0 Å². The molecule has 0 amide bonds. The molecule has 0 aliphatic carbocycles. The molecule has 0 N–H and O–H groups in total. The minimum absolute atomic E-state index is 0.0644. The predicted molar refractivity (Wildman–Crippen MR) is 252 cm³/mol. The van der Waals surface area contributed by atoms with E-state index in [1.54, 1.807) is 0 Å². The molecular weight excluding hydrogens is 733 g/mol. The molecule has 59 heavy (non-hydrogen) atoms. The van der Waals surface area contributed by atoms with Gasteiger partial charge in [-0.15, -0.1) is 0 Å². The lowest BCUT2D eigenvalue weighted by molar-refractivity contribution is -0.167. The molecule has 0 spiro atoms. The fourth-order valence-electron chi connectivity index (χ4n) is 7.99. The van der Waals surface area contributed by atoms with Crippen molar-refractivity contribution in [3.05, 3.63) is 0 Å². The van der Waals surface area contributed by atoms with Crippen LogP contribution in [0.3, 0.4) is 0 Å². The molecule has 0 aliphatic rings. The maximum atomic E-state index is 12.7. The Hall–Kier alpha value is -1.59. The van der Waals surface area contributed by atoms with Crippen LogP contribution in [-0.2, 0) is 28.6 Å². The van der Waals surface area contributed by atoms with E-state index in [4.69, 9.17) is 14.2 Å². The van der Waals surface area contributed by atoms with Crippen molar-refractivity contribution in [2.45, 2.75) is 298 Å². The summed E-state index contributed by atoms with van der Waals surface area (Å²) in [6.07, 6.45) is 47.0. The van der Waals surface area contributed by atoms with Gasteiger partial charge in [-0.1, -0.05) is 253 Å². The highest BCUT2D eigenvalue weighted by atomic mass is 16.6. The molecule has 0 aromatic rings. The molecule has 350 valence electrons. The summed E-state index contributed by atoms with van der Waals surface area (Å²) in [6, 6.07) is 0. The zero-order chi connectivity index (χ0) is 43.3. The van der Waals surface area contributed by atoms with E-state index in [1.807, 2.05) is 0 Å². The number of hydrogen-bond donors (Lipinski definition) is 0. The molecule has 0 fully saturated rings. The molecule has 0 bridgehead atoms. The zero-order valence-electron chi connectivity index (χ0n) is 40.4. The topological polar surface area (TPSA) is 78.9 Å². The first kappa shape index (κ1) is 57.4. The van der Waals surface area contributed by atoms with Crippen molar-refractivity contribution in [1.82, 2.24) is 0 Å². The number of hydrogen-bond acceptors (Lipinski definition) is 6. The number of esters is 3. The first-order chi connectivity index (χ1) is 28.7. The second kappa shape index (κ2) is 45.9. The Morgan fingerprint density at radius 3 is 0.831 bits per heavy atom. The standard InChI is InChI=1S/C53H102O6/c1-6-7-8-31-38-43-51(54)57-46-50(47-58-52(55)44-39-34-29-25-21-17-14-13-16-20-24-28-33-37-42-49(4)5)59-53(56)45-40-35-30-26-22-18-12-10-9-11-15-19-23-27-32-36-41-48(2)3/h48-50H,6-47H2,1-5H3/t50-/m1/s1. The molecule has 0 aliphatic heterocycles. The zero-order valence-corrected chi connectivity index (χ0v) is 40.4. The summed E-state index contributed by atoms with van der Waals surface area (Å²) in [5.41, 5.74) is 0. The van der Waals surface area contributed by atoms with Gasteiger partial charge in [0.05, 0.1) is 0 Å². The van der Waals surface area contributed by atoms with Gasteiger partial charge in [0.1, 0.15) is 13.2 Å². The van der Waals surface area contributed by atoms with Gasteiger partial charge >= 0.3 is 17.9 Å². The highest BCUT2D eigenvalue weighted by molar-refractivity contribution is 5.71. The van der Waals surface area contributed by atoms with Crippen LogP contribution in [-0.4, -0.2) is 37.2 Å². The molecule has 0 aromatic carbocycles. The molecule has 0 unspecified atom stereocenters. The van der Waals surface area contributed by atoms with E-state index in [-0.39, 0.29) is 31.1 Å². The molecule has 6 heteroatoms. The van der Waals surface area contributed by atoms with Crippen molar-refractivity contribution < 1.29 is 28.6 Å². The summed E-state index contributed by atoms with van der Waals surface area (Å²) in [7, 11) is 0. The fraction of sp³-hybridized carbons (Fsp3) is 0.943.